The minimum atomic E-state index is -0.437. The van der Waals surface area contributed by atoms with Crippen molar-refractivity contribution in [3.63, 3.8) is 0 Å². The van der Waals surface area contributed by atoms with Crippen LogP contribution in [0.3, 0.4) is 0 Å². The summed E-state index contributed by atoms with van der Waals surface area (Å²) in [6.45, 7) is 3.84. The quantitative estimate of drug-likeness (QED) is 0.499. The highest BCUT2D eigenvalue weighted by Crippen LogP contribution is 2.37. The molecule has 4 rings (SSSR count). The Balaban J connectivity index is 1.84. The third kappa shape index (κ3) is 4.05. The average molecular weight is 463 g/mol. The fraction of sp³-hybridized carbons (Fsp3) is 0.154. The van der Waals surface area contributed by atoms with Crippen molar-refractivity contribution >= 4 is 40.4 Å². The number of amides is 2. The van der Waals surface area contributed by atoms with Gasteiger partial charge in [0.15, 0.2) is 11.5 Å². The monoisotopic (exact) mass is 462 g/mol. The topological polar surface area (TPSA) is 67.9 Å². The third-order valence-corrected chi connectivity index (χ3v) is 5.94. The highest BCUT2D eigenvalue weighted by atomic mass is 35.5. The number of hydrogen-bond acceptors (Lipinski definition) is 5. The van der Waals surface area contributed by atoms with Crippen molar-refractivity contribution in [1.82, 2.24) is 0 Å². The van der Waals surface area contributed by atoms with Crippen molar-refractivity contribution in [1.29, 1.82) is 0 Å². The molecular formula is C26H23ClN2O4. The number of nitrogens with one attached hydrogen (secondary N) is 1. The number of ether oxygens (including phenoxy) is 2. The van der Waals surface area contributed by atoms with Gasteiger partial charge in [-0.15, -0.1) is 0 Å². The Labute approximate surface area is 197 Å². The number of methoxy groups -OCH3 is 2. The Hall–Kier alpha value is -3.77. The first kappa shape index (κ1) is 22.4. The molecule has 0 radical (unpaired) electrons. The van der Waals surface area contributed by atoms with Crippen LogP contribution in [0.15, 0.2) is 66.4 Å². The van der Waals surface area contributed by atoms with E-state index in [4.69, 9.17) is 21.1 Å². The molecule has 0 fully saturated rings. The van der Waals surface area contributed by atoms with Crippen molar-refractivity contribution in [2.75, 3.05) is 24.4 Å². The van der Waals surface area contributed by atoms with Gasteiger partial charge in [-0.3, -0.25) is 9.59 Å². The number of benzene rings is 3. The Bertz CT molecular complexity index is 1280. The number of carbonyl (C=O) groups excluding carboxylic acids is 2. The SMILES string of the molecule is COc1ccc(NC2=C(c3ccc(Cl)cc3)C(=O)N(c3cccc(C)c3C)C2=O)cc1OC. The lowest BCUT2D eigenvalue weighted by atomic mass is 10.0. The van der Waals surface area contributed by atoms with Gasteiger partial charge in [0, 0.05) is 16.8 Å². The fourth-order valence-electron chi connectivity index (χ4n) is 3.78. The van der Waals surface area contributed by atoms with Crippen LogP contribution in [0.4, 0.5) is 11.4 Å². The number of aryl methyl sites for hydroxylation is 1. The molecular weight excluding hydrogens is 440 g/mol. The number of rotatable bonds is 6. The van der Waals surface area contributed by atoms with Crippen LogP contribution in [0, 0.1) is 13.8 Å². The zero-order valence-electron chi connectivity index (χ0n) is 18.7. The second-order valence-corrected chi connectivity index (χ2v) is 8.05. The molecule has 7 heteroatoms. The molecule has 0 atom stereocenters. The summed E-state index contributed by atoms with van der Waals surface area (Å²) in [5, 5.41) is 3.68. The van der Waals surface area contributed by atoms with E-state index >= 15 is 0 Å². The van der Waals surface area contributed by atoms with Crippen LogP contribution < -0.4 is 19.7 Å². The average Bonchev–Trinajstić information content (AvgIpc) is 3.05. The summed E-state index contributed by atoms with van der Waals surface area (Å²) in [6, 6.07) is 17.6. The van der Waals surface area contributed by atoms with Gasteiger partial charge in [-0.25, -0.2) is 4.90 Å². The minimum Gasteiger partial charge on any atom is -0.493 e. The predicted molar refractivity (Wildman–Crippen MR) is 130 cm³/mol. The minimum absolute atomic E-state index is 0.176. The number of halogens is 1. The lowest BCUT2D eigenvalue weighted by molar-refractivity contribution is -0.120. The molecule has 0 bridgehead atoms. The number of hydrogen-bond donors (Lipinski definition) is 1. The number of imide groups is 1. The largest absolute Gasteiger partial charge is 0.493 e. The van der Waals surface area contributed by atoms with Gasteiger partial charge in [0.1, 0.15) is 5.70 Å². The molecule has 0 aliphatic carbocycles. The molecule has 1 aliphatic heterocycles. The third-order valence-electron chi connectivity index (χ3n) is 5.69. The highest BCUT2D eigenvalue weighted by molar-refractivity contribution is 6.46. The van der Waals surface area contributed by atoms with Crippen molar-refractivity contribution in [3.05, 3.63) is 88.1 Å². The second kappa shape index (κ2) is 9.00. The number of nitrogens with zero attached hydrogens (tertiary/aromatic N) is 1. The molecule has 0 spiro atoms. The van der Waals surface area contributed by atoms with Crippen molar-refractivity contribution in [2.24, 2.45) is 0 Å². The smallest absolute Gasteiger partial charge is 0.282 e. The maximum atomic E-state index is 13.6. The van der Waals surface area contributed by atoms with Crippen molar-refractivity contribution < 1.29 is 19.1 Å². The molecule has 3 aromatic carbocycles. The van der Waals surface area contributed by atoms with Crippen LogP contribution in [-0.4, -0.2) is 26.0 Å². The first-order chi connectivity index (χ1) is 15.8. The van der Waals surface area contributed by atoms with Gasteiger partial charge in [0.25, 0.3) is 11.8 Å². The fourth-order valence-corrected chi connectivity index (χ4v) is 3.91. The van der Waals surface area contributed by atoms with Gasteiger partial charge in [-0.1, -0.05) is 35.9 Å². The van der Waals surface area contributed by atoms with Crippen molar-refractivity contribution in [3.8, 4) is 11.5 Å². The molecule has 0 saturated heterocycles. The molecule has 6 nitrogen and oxygen atoms in total. The van der Waals surface area contributed by atoms with Crippen LogP contribution in [-0.2, 0) is 9.59 Å². The maximum absolute atomic E-state index is 13.6. The Morgan fingerprint density at radius 1 is 0.848 bits per heavy atom. The molecule has 1 heterocycles. The van der Waals surface area contributed by atoms with E-state index in [0.717, 1.165) is 11.1 Å². The first-order valence-corrected chi connectivity index (χ1v) is 10.7. The van der Waals surface area contributed by atoms with Crippen LogP contribution in [0.5, 0.6) is 11.5 Å². The van der Waals surface area contributed by atoms with E-state index < -0.39 is 11.8 Å². The van der Waals surface area contributed by atoms with Crippen LogP contribution in [0.25, 0.3) is 5.57 Å². The molecule has 1 N–H and O–H groups in total. The van der Waals surface area contributed by atoms with Crippen molar-refractivity contribution in [2.45, 2.75) is 13.8 Å². The second-order valence-electron chi connectivity index (χ2n) is 7.62. The van der Waals surface area contributed by atoms with E-state index in [0.29, 0.717) is 33.5 Å². The summed E-state index contributed by atoms with van der Waals surface area (Å²) in [6.07, 6.45) is 0. The van der Waals surface area contributed by atoms with E-state index in [2.05, 4.69) is 5.32 Å². The molecule has 0 aromatic heterocycles. The molecule has 3 aromatic rings. The summed E-state index contributed by atoms with van der Waals surface area (Å²) in [5.74, 6) is 0.215. The summed E-state index contributed by atoms with van der Waals surface area (Å²) < 4.78 is 10.7. The van der Waals surface area contributed by atoms with Gasteiger partial charge in [0.2, 0.25) is 0 Å². The van der Waals surface area contributed by atoms with Gasteiger partial charge in [-0.05, 0) is 60.9 Å². The molecule has 0 saturated carbocycles. The van der Waals surface area contributed by atoms with E-state index in [-0.39, 0.29) is 11.3 Å². The zero-order chi connectivity index (χ0) is 23.7. The lowest BCUT2D eigenvalue weighted by Gasteiger charge is -2.19. The Morgan fingerprint density at radius 3 is 2.21 bits per heavy atom. The standard InChI is InChI=1S/C26H23ClN2O4/c1-15-6-5-7-20(16(15)2)29-25(30)23(17-8-10-18(27)11-9-17)24(26(29)31)28-19-12-13-21(32-3)22(14-19)33-4/h5-14,28H,1-4H3. The van der Waals surface area contributed by atoms with Gasteiger partial charge < -0.3 is 14.8 Å². The van der Waals surface area contributed by atoms with Crippen LogP contribution in [0.1, 0.15) is 16.7 Å². The Morgan fingerprint density at radius 2 is 1.55 bits per heavy atom. The summed E-state index contributed by atoms with van der Waals surface area (Å²) in [5.41, 5.74) is 4.03. The van der Waals surface area contributed by atoms with Crippen LogP contribution in [0.2, 0.25) is 5.02 Å². The highest BCUT2D eigenvalue weighted by Gasteiger charge is 2.41. The molecule has 2 amide bonds. The van der Waals surface area contributed by atoms with E-state index in [1.807, 2.05) is 26.0 Å². The molecule has 33 heavy (non-hydrogen) atoms. The number of carbonyl (C=O) groups is 2. The first-order valence-electron chi connectivity index (χ1n) is 10.3. The summed E-state index contributed by atoms with van der Waals surface area (Å²) >= 11 is 6.05. The molecule has 1 aliphatic rings. The van der Waals surface area contributed by atoms with E-state index in [1.54, 1.807) is 55.6 Å². The van der Waals surface area contributed by atoms with Crippen LogP contribution >= 0.6 is 11.6 Å². The molecule has 168 valence electrons. The summed E-state index contributed by atoms with van der Waals surface area (Å²) in [4.78, 5) is 28.5. The predicted octanol–water partition coefficient (Wildman–Crippen LogP) is 5.37. The number of anilines is 2. The normalized spacial score (nSPS) is 13.5. The Kier molecular flexibility index (Phi) is 6.11. The zero-order valence-corrected chi connectivity index (χ0v) is 19.5. The van der Waals surface area contributed by atoms with Gasteiger partial charge >= 0.3 is 0 Å². The lowest BCUT2D eigenvalue weighted by Crippen LogP contribution is -2.33. The van der Waals surface area contributed by atoms with E-state index in [1.165, 1.54) is 12.0 Å². The summed E-state index contributed by atoms with van der Waals surface area (Å²) in [7, 11) is 3.08. The van der Waals surface area contributed by atoms with Gasteiger partial charge in [0.05, 0.1) is 25.5 Å². The maximum Gasteiger partial charge on any atom is 0.282 e. The van der Waals surface area contributed by atoms with E-state index in [9.17, 15) is 9.59 Å². The molecule has 0 unspecified atom stereocenters. The van der Waals surface area contributed by atoms with Gasteiger partial charge in [-0.2, -0.15) is 0 Å².